The number of amides is 2. The Kier molecular flexibility index (Phi) is 7.65. The number of benzene rings is 3. The van der Waals surface area contributed by atoms with Gasteiger partial charge in [0.15, 0.2) is 0 Å². The van der Waals surface area contributed by atoms with Gasteiger partial charge in [0.1, 0.15) is 11.5 Å². The summed E-state index contributed by atoms with van der Waals surface area (Å²) in [6, 6.07) is 21.6. The lowest BCUT2D eigenvalue weighted by Crippen LogP contribution is -2.14. The molecule has 0 fully saturated rings. The van der Waals surface area contributed by atoms with E-state index in [2.05, 4.69) is 10.6 Å². The molecule has 0 aliphatic carbocycles. The molecule has 31 heavy (non-hydrogen) atoms. The number of aryl methyl sites for hydroxylation is 1. The summed E-state index contributed by atoms with van der Waals surface area (Å²) >= 11 is 0. The van der Waals surface area contributed by atoms with E-state index in [4.69, 9.17) is 9.47 Å². The van der Waals surface area contributed by atoms with Gasteiger partial charge in [-0.2, -0.15) is 0 Å². The van der Waals surface area contributed by atoms with Gasteiger partial charge in [0, 0.05) is 23.4 Å². The third-order valence-corrected chi connectivity index (χ3v) is 4.67. The van der Waals surface area contributed by atoms with Gasteiger partial charge >= 0.3 is 0 Å². The molecule has 3 aromatic carbocycles. The Hall–Kier alpha value is -3.80. The number of methoxy groups -OCH3 is 1. The Morgan fingerprint density at radius 1 is 0.839 bits per heavy atom. The Bertz CT molecular complexity index is 1010. The molecule has 0 radical (unpaired) electrons. The largest absolute Gasteiger partial charge is 0.496 e. The van der Waals surface area contributed by atoms with Crippen LogP contribution in [-0.2, 0) is 11.2 Å². The van der Waals surface area contributed by atoms with Gasteiger partial charge in [-0.05, 0) is 73.5 Å². The van der Waals surface area contributed by atoms with E-state index in [1.165, 1.54) is 0 Å². The van der Waals surface area contributed by atoms with Gasteiger partial charge in [0.2, 0.25) is 5.91 Å². The number of carbonyl (C=O) groups is 2. The Morgan fingerprint density at radius 3 is 2.16 bits per heavy atom. The first-order chi connectivity index (χ1) is 15.1. The molecule has 0 saturated carbocycles. The van der Waals surface area contributed by atoms with Crippen molar-refractivity contribution in [3.63, 3.8) is 0 Å². The molecule has 0 aliphatic rings. The number of carbonyl (C=O) groups excluding carboxylic acids is 2. The van der Waals surface area contributed by atoms with Crippen LogP contribution in [0.1, 0.15) is 29.3 Å². The number of rotatable bonds is 9. The van der Waals surface area contributed by atoms with Crippen molar-refractivity contribution in [3.05, 3.63) is 83.9 Å². The first kappa shape index (κ1) is 21.9. The third kappa shape index (κ3) is 6.34. The van der Waals surface area contributed by atoms with E-state index in [-0.39, 0.29) is 11.8 Å². The SMILES string of the molecule is CCOc1ccc(NC(=O)c2ccc(NC(=O)CCc3ccccc3OC)cc2)cc1. The highest BCUT2D eigenvalue weighted by Gasteiger charge is 2.09. The number of hydrogen-bond acceptors (Lipinski definition) is 4. The molecule has 0 heterocycles. The van der Waals surface area contributed by atoms with Crippen molar-refractivity contribution in [2.75, 3.05) is 24.4 Å². The van der Waals surface area contributed by atoms with Gasteiger partial charge in [-0.25, -0.2) is 0 Å². The van der Waals surface area contributed by atoms with Crippen molar-refractivity contribution in [2.24, 2.45) is 0 Å². The molecule has 2 amide bonds. The first-order valence-corrected chi connectivity index (χ1v) is 10.1. The smallest absolute Gasteiger partial charge is 0.255 e. The molecule has 0 bridgehead atoms. The molecule has 0 aliphatic heterocycles. The van der Waals surface area contributed by atoms with Gasteiger partial charge in [0.25, 0.3) is 5.91 Å². The zero-order chi connectivity index (χ0) is 22.1. The van der Waals surface area contributed by atoms with Gasteiger partial charge in [-0.1, -0.05) is 18.2 Å². The molecule has 0 atom stereocenters. The van der Waals surface area contributed by atoms with Crippen LogP contribution in [-0.4, -0.2) is 25.5 Å². The van der Waals surface area contributed by atoms with Crippen LogP contribution in [0.5, 0.6) is 11.5 Å². The second kappa shape index (κ2) is 10.8. The van der Waals surface area contributed by atoms with Crippen molar-refractivity contribution in [1.29, 1.82) is 0 Å². The highest BCUT2D eigenvalue weighted by Crippen LogP contribution is 2.20. The van der Waals surface area contributed by atoms with Gasteiger partial charge in [-0.3, -0.25) is 9.59 Å². The number of nitrogens with one attached hydrogen (secondary N) is 2. The predicted molar refractivity (Wildman–Crippen MR) is 122 cm³/mol. The van der Waals surface area contributed by atoms with E-state index in [0.29, 0.717) is 36.4 Å². The lowest BCUT2D eigenvalue weighted by molar-refractivity contribution is -0.116. The number of anilines is 2. The van der Waals surface area contributed by atoms with Crippen LogP contribution in [0.25, 0.3) is 0 Å². The van der Waals surface area contributed by atoms with E-state index in [1.807, 2.05) is 43.3 Å². The topological polar surface area (TPSA) is 76.7 Å². The number of ether oxygens (including phenoxy) is 2. The van der Waals surface area contributed by atoms with Crippen LogP contribution in [0.15, 0.2) is 72.8 Å². The lowest BCUT2D eigenvalue weighted by atomic mass is 10.1. The van der Waals surface area contributed by atoms with Crippen molar-refractivity contribution >= 4 is 23.2 Å². The quantitative estimate of drug-likeness (QED) is 0.517. The van der Waals surface area contributed by atoms with E-state index >= 15 is 0 Å². The maximum atomic E-state index is 12.4. The summed E-state index contributed by atoms with van der Waals surface area (Å²) in [6.45, 7) is 2.51. The molecule has 0 saturated heterocycles. The van der Waals surface area contributed by atoms with E-state index < -0.39 is 0 Å². The first-order valence-electron chi connectivity index (χ1n) is 10.1. The second-order valence-corrected chi connectivity index (χ2v) is 6.85. The fraction of sp³-hybridized carbons (Fsp3) is 0.200. The summed E-state index contributed by atoms with van der Waals surface area (Å²) in [4.78, 5) is 24.7. The van der Waals surface area contributed by atoms with E-state index in [1.54, 1.807) is 43.5 Å². The summed E-state index contributed by atoms with van der Waals surface area (Å²) in [7, 11) is 1.62. The maximum absolute atomic E-state index is 12.4. The predicted octanol–water partition coefficient (Wildman–Crippen LogP) is 4.92. The van der Waals surface area contributed by atoms with Crippen LogP contribution in [0.4, 0.5) is 11.4 Å². The lowest BCUT2D eigenvalue weighted by Gasteiger charge is -2.10. The van der Waals surface area contributed by atoms with Gasteiger partial charge in [-0.15, -0.1) is 0 Å². The van der Waals surface area contributed by atoms with Crippen LogP contribution in [0.2, 0.25) is 0 Å². The summed E-state index contributed by atoms with van der Waals surface area (Å²) < 4.78 is 10.7. The fourth-order valence-corrected chi connectivity index (χ4v) is 3.09. The molecular formula is C25H26N2O4. The van der Waals surface area contributed by atoms with Crippen molar-refractivity contribution < 1.29 is 19.1 Å². The van der Waals surface area contributed by atoms with Crippen LogP contribution < -0.4 is 20.1 Å². The molecule has 6 heteroatoms. The maximum Gasteiger partial charge on any atom is 0.255 e. The van der Waals surface area contributed by atoms with Gasteiger partial charge < -0.3 is 20.1 Å². The fourth-order valence-electron chi connectivity index (χ4n) is 3.09. The Labute approximate surface area is 182 Å². The second-order valence-electron chi connectivity index (χ2n) is 6.85. The molecule has 2 N–H and O–H groups in total. The van der Waals surface area contributed by atoms with Crippen molar-refractivity contribution in [2.45, 2.75) is 19.8 Å². The third-order valence-electron chi connectivity index (χ3n) is 4.67. The molecule has 3 aromatic rings. The Balaban J connectivity index is 1.52. The minimum atomic E-state index is -0.224. The van der Waals surface area contributed by atoms with Crippen LogP contribution in [0, 0.1) is 0 Å². The summed E-state index contributed by atoms with van der Waals surface area (Å²) in [5.74, 6) is 1.21. The summed E-state index contributed by atoms with van der Waals surface area (Å²) in [5, 5.41) is 5.70. The summed E-state index contributed by atoms with van der Waals surface area (Å²) in [5.41, 5.74) is 2.81. The highest BCUT2D eigenvalue weighted by atomic mass is 16.5. The van der Waals surface area contributed by atoms with Gasteiger partial charge in [0.05, 0.1) is 13.7 Å². The molecular weight excluding hydrogens is 392 g/mol. The monoisotopic (exact) mass is 418 g/mol. The minimum Gasteiger partial charge on any atom is -0.496 e. The molecule has 6 nitrogen and oxygen atoms in total. The van der Waals surface area contributed by atoms with E-state index in [9.17, 15) is 9.59 Å². The highest BCUT2D eigenvalue weighted by molar-refractivity contribution is 6.04. The number of hydrogen-bond donors (Lipinski definition) is 2. The van der Waals surface area contributed by atoms with Crippen molar-refractivity contribution in [3.8, 4) is 11.5 Å². The average Bonchev–Trinajstić information content (AvgIpc) is 2.80. The average molecular weight is 418 g/mol. The minimum absolute atomic E-state index is 0.0995. The van der Waals surface area contributed by atoms with Crippen LogP contribution >= 0.6 is 0 Å². The zero-order valence-corrected chi connectivity index (χ0v) is 17.7. The summed E-state index contributed by atoms with van der Waals surface area (Å²) in [6.07, 6.45) is 0.915. The Morgan fingerprint density at radius 2 is 1.48 bits per heavy atom. The zero-order valence-electron chi connectivity index (χ0n) is 17.7. The molecule has 0 aromatic heterocycles. The molecule has 160 valence electrons. The number of para-hydroxylation sites is 1. The standard InChI is InChI=1S/C25H26N2O4/c1-3-31-22-15-13-21(14-16-22)27-25(29)19-8-11-20(12-9-19)26-24(28)17-10-18-6-4-5-7-23(18)30-2/h4-9,11-16H,3,10,17H2,1-2H3,(H,26,28)(H,27,29). The van der Waals surface area contributed by atoms with Crippen LogP contribution in [0.3, 0.4) is 0 Å². The van der Waals surface area contributed by atoms with Crippen molar-refractivity contribution in [1.82, 2.24) is 0 Å². The molecule has 0 spiro atoms. The molecule has 3 rings (SSSR count). The van der Waals surface area contributed by atoms with E-state index in [0.717, 1.165) is 17.1 Å². The normalized spacial score (nSPS) is 10.3. The molecule has 0 unspecified atom stereocenters.